The Hall–Kier alpha value is -1.99. The molecular formula is C18H20BrN5O. The highest BCUT2D eigenvalue weighted by atomic mass is 79.9. The number of piperidine rings is 1. The van der Waals surface area contributed by atoms with Gasteiger partial charge in [-0.3, -0.25) is 4.79 Å². The molecule has 1 aromatic heterocycles. The van der Waals surface area contributed by atoms with Gasteiger partial charge in [0.25, 0.3) is 5.91 Å². The van der Waals surface area contributed by atoms with Gasteiger partial charge < -0.3 is 15.1 Å². The predicted molar refractivity (Wildman–Crippen MR) is 101 cm³/mol. The van der Waals surface area contributed by atoms with Gasteiger partial charge in [-0.15, -0.1) is 0 Å². The third-order valence-electron chi connectivity index (χ3n) is 4.91. The van der Waals surface area contributed by atoms with Gasteiger partial charge >= 0.3 is 0 Å². The Balaban J connectivity index is 1.45. The molecule has 0 spiro atoms. The van der Waals surface area contributed by atoms with Crippen molar-refractivity contribution in [3.8, 4) is 0 Å². The summed E-state index contributed by atoms with van der Waals surface area (Å²) in [4.78, 5) is 26.1. The van der Waals surface area contributed by atoms with Crippen molar-refractivity contribution in [1.29, 1.82) is 0 Å². The van der Waals surface area contributed by atoms with Crippen molar-refractivity contribution in [2.45, 2.75) is 18.9 Å². The quantitative estimate of drug-likeness (QED) is 0.856. The van der Waals surface area contributed by atoms with Crippen molar-refractivity contribution in [1.82, 2.24) is 14.9 Å². The van der Waals surface area contributed by atoms with E-state index in [1.807, 2.05) is 12.1 Å². The second-order valence-corrected chi connectivity index (χ2v) is 7.41. The highest BCUT2D eigenvalue weighted by Gasteiger charge is 2.30. The Morgan fingerprint density at radius 1 is 1.04 bits per heavy atom. The molecule has 3 saturated heterocycles. The molecule has 1 aromatic carbocycles. The standard InChI is InChI=1S/C18H20BrN5O/c19-14-3-1-13(2-4-14)17(25)22-15-11-20-18(21-12-15)24-10-9-23-7-5-16(24)6-8-23/h1-4,11-12,16H,5-10H2,(H,22,25). The second kappa shape index (κ2) is 7.09. The van der Waals surface area contributed by atoms with E-state index in [2.05, 4.69) is 41.0 Å². The molecule has 0 atom stereocenters. The molecule has 4 heterocycles. The summed E-state index contributed by atoms with van der Waals surface area (Å²) in [6, 6.07) is 7.77. The van der Waals surface area contributed by atoms with Gasteiger partial charge in [0.15, 0.2) is 0 Å². The number of hydrogen-bond donors (Lipinski definition) is 1. The third kappa shape index (κ3) is 3.67. The first-order valence-electron chi connectivity index (χ1n) is 8.57. The van der Waals surface area contributed by atoms with Crippen molar-refractivity contribution in [3.63, 3.8) is 0 Å². The lowest BCUT2D eigenvalue weighted by Crippen LogP contribution is -2.38. The van der Waals surface area contributed by atoms with E-state index >= 15 is 0 Å². The van der Waals surface area contributed by atoms with E-state index in [4.69, 9.17) is 0 Å². The first-order valence-corrected chi connectivity index (χ1v) is 9.36. The van der Waals surface area contributed by atoms with Gasteiger partial charge in [-0.1, -0.05) is 15.9 Å². The van der Waals surface area contributed by atoms with Crippen LogP contribution in [-0.2, 0) is 0 Å². The topological polar surface area (TPSA) is 61.4 Å². The lowest BCUT2D eigenvalue weighted by molar-refractivity contribution is 0.102. The van der Waals surface area contributed by atoms with E-state index in [0.29, 0.717) is 17.3 Å². The number of nitrogens with zero attached hydrogens (tertiary/aromatic N) is 4. The number of benzene rings is 1. The van der Waals surface area contributed by atoms with Crippen LogP contribution in [0.3, 0.4) is 0 Å². The number of carbonyl (C=O) groups excluding carboxylic acids is 1. The Morgan fingerprint density at radius 3 is 2.40 bits per heavy atom. The van der Waals surface area contributed by atoms with Crippen molar-refractivity contribution in [2.24, 2.45) is 0 Å². The fraction of sp³-hybridized carbons (Fsp3) is 0.389. The zero-order valence-corrected chi connectivity index (χ0v) is 15.4. The number of anilines is 2. The summed E-state index contributed by atoms with van der Waals surface area (Å²) in [5, 5.41) is 2.85. The predicted octanol–water partition coefficient (Wildman–Crippen LogP) is 2.78. The Bertz CT molecular complexity index is 741. The maximum absolute atomic E-state index is 12.3. The Labute approximate surface area is 155 Å². The minimum absolute atomic E-state index is 0.162. The number of aromatic nitrogens is 2. The van der Waals surface area contributed by atoms with Crippen LogP contribution in [0.25, 0.3) is 0 Å². The largest absolute Gasteiger partial charge is 0.336 e. The minimum Gasteiger partial charge on any atom is -0.336 e. The number of fused-ring (bicyclic) bond motifs is 4. The first-order chi connectivity index (χ1) is 12.2. The molecule has 5 rings (SSSR count). The van der Waals surface area contributed by atoms with Crippen molar-refractivity contribution in [3.05, 3.63) is 46.7 Å². The molecule has 130 valence electrons. The summed E-state index contributed by atoms with van der Waals surface area (Å²) in [6.07, 6.45) is 5.73. The molecule has 7 heteroatoms. The van der Waals surface area contributed by atoms with Gasteiger partial charge in [0.05, 0.1) is 18.1 Å². The molecule has 0 aliphatic carbocycles. The Morgan fingerprint density at radius 2 is 1.72 bits per heavy atom. The SMILES string of the molecule is O=C(Nc1cnc(N2CCN3CCC2CC3)nc1)c1ccc(Br)cc1. The van der Waals surface area contributed by atoms with Gasteiger partial charge in [0.1, 0.15) is 0 Å². The number of amides is 1. The molecule has 3 fully saturated rings. The first kappa shape index (κ1) is 16.5. The van der Waals surface area contributed by atoms with Gasteiger partial charge in [-0.05, 0) is 37.1 Å². The van der Waals surface area contributed by atoms with Crippen molar-refractivity contribution in [2.75, 3.05) is 36.4 Å². The van der Waals surface area contributed by atoms with E-state index < -0.39 is 0 Å². The zero-order chi connectivity index (χ0) is 17.2. The number of carbonyl (C=O) groups is 1. The van der Waals surface area contributed by atoms with Crippen LogP contribution in [0.1, 0.15) is 23.2 Å². The van der Waals surface area contributed by atoms with Gasteiger partial charge in [-0.2, -0.15) is 0 Å². The van der Waals surface area contributed by atoms with Crippen LogP contribution in [0.2, 0.25) is 0 Å². The van der Waals surface area contributed by atoms with Crippen LogP contribution >= 0.6 is 15.9 Å². The average Bonchev–Trinajstić information content (AvgIpc) is 2.97. The molecule has 3 aliphatic heterocycles. The summed E-state index contributed by atoms with van der Waals surface area (Å²) in [5.41, 5.74) is 1.21. The summed E-state index contributed by atoms with van der Waals surface area (Å²) < 4.78 is 0.944. The third-order valence-corrected chi connectivity index (χ3v) is 5.44. The maximum atomic E-state index is 12.3. The monoisotopic (exact) mass is 401 g/mol. The van der Waals surface area contributed by atoms with E-state index in [1.165, 1.54) is 25.9 Å². The van der Waals surface area contributed by atoms with Gasteiger partial charge in [0, 0.05) is 42.3 Å². The minimum atomic E-state index is -0.162. The lowest BCUT2D eigenvalue weighted by Gasteiger charge is -2.31. The average molecular weight is 402 g/mol. The molecule has 1 amide bonds. The van der Waals surface area contributed by atoms with E-state index in [0.717, 1.165) is 23.5 Å². The maximum Gasteiger partial charge on any atom is 0.255 e. The van der Waals surface area contributed by atoms with Crippen molar-refractivity contribution >= 4 is 33.5 Å². The fourth-order valence-corrected chi connectivity index (χ4v) is 3.75. The molecule has 2 bridgehead atoms. The molecule has 1 N–H and O–H groups in total. The van der Waals surface area contributed by atoms with Gasteiger partial charge in [0.2, 0.25) is 5.95 Å². The highest BCUT2D eigenvalue weighted by Crippen LogP contribution is 2.24. The number of halogens is 1. The molecule has 0 saturated carbocycles. The normalized spacial score (nSPS) is 22.5. The van der Waals surface area contributed by atoms with E-state index in [9.17, 15) is 4.79 Å². The van der Waals surface area contributed by atoms with Gasteiger partial charge in [-0.25, -0.2) is 9.97 Å². The summed E-state index contributed by atoms with van der Waals surface area (Å²) in [5.74, 6) is 0.598. The second-order valence-electron chi connectivity index (χ2n) is 6.50. The van der Waals surface area contributed by atoms with Crippen LogP contribution in [0.4, 0.5) is 11.6 Å². The molecule has 6 nitrogen and oxygen atoms in total. The van der Waals surface area contributed by atoms with E-state index in [1.54, 1.807) is 24.5 Å². The summed E-state index contributed by atoms with van der Waals surface area (Å²) >= 11 is 3.37. The van der Waals surface area contributed by atoms with Crippen LogP contribution in [0.5, 0.6) is 0 Å². The molecule has 2 aromatic rings. The smallest absolute Gasteiger partial charge is 0.255 e. The molecule has 0 radical (unpaired) electrons. The summed E-state index contributed by atoms with van der Waals surface area (Å²) in [6.45, 7) is 4.38. The molecule has 3 aliphatic rings. The molecule has 25 heavy (non-hydrogen) atoms. The number of hydrogen-bond acceptors (Lipinski definition) is 5. The summed E-state index contributed by atoms with van der Waals surface area (Å²) in [7, 11) is 0. The molecular weight excluding hydrogens is 382 g/mol. The Kier molecular flexibility index (Phi) is 4.67. The number of nitrogens with one attached hydrogen (secondary N) is 1. The van der Waals surface area contributed by atoms with Crippen LogP contribution in [-0.4, -0.2) is 53.0 Å². The number of rotatable bonds is 3. The van der Waals surface area contributed by atoms with E-state index in [-0.39, 0.29) is 5.91 Å². The van der Waals surface area contributed by atoms with Crippen LogP contribution in [0, 0.1) is 0 Å². The van der Waals surface area contributed by atoms with Crippen molar-refractivity contribution < 1.29 is 4.79 Å². The zero-order valence-electron chi connectivity index (χ0n) is 13.9. The lowest BCUT2D eigenvalue weighted by atomic mass is 10.1. The fourth-order valence-electron chi connectivity index (χ4n) is 3.49. The van der Waals surface area contributed by atoms with Crippen LogP contribution in [0.15, 0.2) is 41.1 Å². The highest BCUT2D eigenvalue weighted by molar-refractivity contribution is 9.10. The molecule has 0 unspecified atom stereocenters. The van der Waals surface area contributed by atoms with Crippen LogP contribution < -0.4 is 10.2 Å².